The third kappa shape index (κ3) is 3.78. The summed E-state index contributed by atoms with van der Waals surface area (Å²) >= 11 is 4.90. The summed E-state index contributed by atoms with van der Waals surface area (Å²) in [5, 5.41) is 1.94. The molecular weight excluding hydrogens is 378 g/mol. The molecule has 0 spiro atoms. The first-order chi connectivity index (χ1) is 11.2. The molecule has 0 saturated carbocycles. The summed E-state index contributed by atoms with van der Waals surface area (Å²) in [5.41, 5.74) is 1.17. The van der Waals surface area contributed by atoms with E-state index in [4.69, 9.17) is 9.47 Å². The molecule has 0 aliphatic carbocycles. The van der Waals surface area contributed by atoms with Crippen LogP contribution in [0.5, 0.6) is 5.75 Å². The smallest absolute Gasteiger partial charge is 0.363 e. The van der Waals surface area contributed by atoms with Gasteiger partial charge in [-0.1, -0.05) is 18.2 Å². The van der Waals surface area contributed by atoms with Crippen LogP contribution in [0.1, 0.15) is 10.4 Å². The molecule has 6 heteroatoms. The molecule has 23 heavy (non-hydrogen) atoms. The van der Waals surface area contributed by atoms with E-state index in [1.54, 1.807) is 25.3 Å². The van der Waals surface area contributed by atoms with Crippen molar-refractivity contribution in [2.24, 2.45) is 4.99 Å². The van der Waals surface area contributed by atoms with Crippen LogP contribution in [0.4, 0.5) is 0 Å². The minimum atomic E-state index is -0.450. The number of halogens is 1. The van der Waals surface area contributed by atoms with E-state index in [-0.39, 0.29) is 5.90 Å². The Bertz CT molecular complexity index is 836. The lowest BCUT2D eigenvalue weighted by Gasteiger charge is -2.02. The van der Waals surface area contributed by atoms with Crippen LogP contribution in [0.25, 0.3) is 12.2 Å². The summed E-state index contributed by atoms with van der Waals surface area (Å²) in [7, 11) is 1.61. The molecular formula is C17H12BrNO3S. The Labute approximate surface area is 145 Å². The topological polar surface area (TPSA) is 47.9 Å². The molecule has 1 aromatic carbocycles. The Kier molecular flexibility index (Phi) is 4.73. The fourth-order valence-electron chi connectivity index (χ4n) is 2.00. The van der Waals surface area contributed by atoms with E-state index in [2.05, 4.69) is 20.9 Å². The number of esters is 1. The first-order valence-corrected chi connectivity index (χ1v) is 8.40. The van der Waals surface area contributed by atoms with Crippen LogP contribution in [0.3, 0.4) is 0 Å². The fraction of sp³-hybridized carbons (Fsp3) is 0.0588. The van der Waals surface area contributed by atoms with Crippen LogP contribution in [0.2, 0.25) is 0 Å². The number of carbonyl (C=O) groups is 1. The molecule has 4 nitrogen and oxygen atoms in total. The van der Waals surface area contributed by atoms with Crippen molar-refractivity contribution in [3.8, 4) is 5.75 Å². The zero-order valence-electron chi connectivity index (χ0n) is 12.2. The fourth-order valence-corrected chi connectivity index (χ4v) is 3.37. The molecule has 0 N–H and O–H groups in total. The highest BCUT2D eigenvalue weighted by atomic mass is 79.9. The van der Waals surface area contributed by atoms with Crippen LogP contribution in [0, 0.1) is 0 Å². The van der Waals surface area contributed by atoms with Gasteiger partial charge < -0.3 is 9.47 Å². The van der Waals surface area contributed by atoms with E-state index >= 15 is 0 Å². The van der Waals surface area contributed by atoms with Gasteiger partial charge in [-0.2, -0.15) is 0 Å². The Morgan fingerprint density at radius 2 is 2.13 bits per heavy atom. The molecule has 2 heterocycles. The first kappa shape index (κ1) is 15.7. The number of carbonyl (C=O) groups excluding carboxylic acids is 1. The standard InChI is InChI=1S/C17H12BrNO3S/c1-21-15-5-3-2-4-11(15)6-7-16-19-14(17(20)22-16)9-13-8-12(18)10-23-13/h2-10H,1H3. The van der Waals surface area contributed by atoms with Crippen molar-refractivity contribution >= 4 is 51.3 Å². The lowest BCUT2D eigenvalue weighted by molar-refractivity contribution is -0.129. The van der Waals surface area contributed by atoms with Crippen LogP contribution in [0.15, 0.2) is 57.0 Å². The zero-order chi connectivity index (χ0) is 16.2. The lowest BCUT2D eigenvalue weighted by Crippen LogP contribution is -2.01. The predicted octanol–water partition coefficient (Wildman–Crippen LogP) is 4.53. The number of hydrogen-bond acceptors (Lipinski definition) is 5. The third-order valence-electron chi connectivity index (χ3n) is 3.05. The number of cyclic esters (lactones) is 1. The highest BCUT2D eigenvalue weighted by Crippen LogP contribution is 2.24. The van der Waals surface area contributed by atoms with E-state index in [1.165, 1.54) is 11.3 Å². The number of methoxy groups -OCH3 is 1. The van der Waals surface area contributed by atoms with Crippen molar-refractivity contribution in [1.29, 1.82) is 0 Å². The van der Waals surface area contributed by atoms with Gasteiger partial charge in [0.1, 0.15) is 5.75 Å². The Morgan fingerprint density at radius 3 is 2.87 bits per heavy atom. The summed E-state index contributed by atoms with van der Waals surface area (Å²) in [6.07, 6.45) is 5.16. The van der Waals surface area contributed by atoms with Crippen molar-refractivity contribution in [1.82, 2.24) is 0 Å². The zero-order valence-corrected chi connectivity index (χ0v) is 14.6. The van der Waals surface area contributed by atoms with Gasteiger partial charge in [0.25, 0.3) is 0 Å². The number of rotatable bonds is 4. The highest BCUT2D eigenvalue weighted by Gasteiger charge is 2.21. The molecule has 1 aliphatic heterocycles. The number of para-hydroxylation sites is 1. The third-order valence-corrected chi connectivity index (χ3v) is 4.69. The summed E-state index contributed by atoms with van der Waals surface area (Å²) in [6, 6.07) is 9.49. The molecule has 0 amide bonds. The van der Waals surface area contributed by atoms with Crippen molar-refractivity contribution < 1.29 is 14.3 Å². The van der Waals surface area contributed by atoms with E-state index in [1.807, 2.05) is 35.7 Å². The summed E-state index contributed by atoms with van der Waals surface area (Å²) in [6.45, 7) is 0. The van der Waals surface area contributed by atoms with Gasteiger partial charge in [0.05, 0.1) is 7.11 Å². The van der Waals surface area contributed by atoms with E-state index in [0.717, 1.165) is 20.7 Å². The predicted molar refractivity (Wildman–Crippen MR) is 95.6 cm³/mol. The normalized spacial score (nSPS) is 16.0. The first-order valence-electron chi connectivity index (χ1n) is 6.73. The molecule has 116 valence electrons. The highest BCUT2D eigenvalue weighted by molar-refractivity contribution is 9.10. The van der Waals surface area contributed by atoms with Gasteiger partial charge >= 0.3 is 5.97 Å². The lowest BCUT2D eigenvalue weighted by atomic mass is 10.2. The van der Waals surface area contributed by atoms with Crippen molar-refractivity contribution in [3.05, 3.63) is 62.4 Å². The summed E-state index contributed by atoms with van der Waals surface area (Å²) < 4.78 is 11.4. The number of aliphatic imine (C=N–C) groups is 1. The van der Waals surface area contributed by atoms with Crippen LogP contribution < -0.4 is 4.74 Å². The average Bonchev–Trinajstić information content (AvgIpc) is 3.12. The number of hydrogen-bond donors (Lipinski definition) is 0. The van der Waals surface area contributed by atoms with Crippen molar-refractivity contribution in [2.75, 3.05) is 7.11 Å². The van der Waals surface area contributed by atoms with Gasteiger partial charge in [-0.15, -0.1) is 11.3 Å². The van der Waals surface area contributed by atoms with Gasteiger partial charge in [-0.3, -0.25) is 0 Å². The van der Waals surface area contributed by atoms with Gasteiger partial charge in [0, 0.05) is 26.4 Å². The minimum absolute atomic E-state index is 0.266. The molecule has 1 aromatic heterocycles. The van der Waals surface area contributed by atoms with Gasteiger partial charge in [-0.25, -0.2) is 9.79 Å². The maximum Gasteiger partial charge on any atom is 0.363 e. The SMILES string of the molecule is COc1ccccc1C=CC1=NC(=Cc2cc(Br)cs2)C(=O)O1. The maximum absolute atomic E-state index is 11.9. The summed E-state index contributed by atoms with van der Waals surface area (Å²) in [5.74, 6) is 0.560. The molecule has 0 saturated heterocycles. The van der Waals surface area contributed by atoms with E-state index in [0.29, 0.717) is 5.70 Å². The monoisotopic (exact) mass is 389 g/mol. The minimum Gasteiger partial charge on any atom is -0.496 e. The number of ether oxygens (including phenoxy) is 2. The van der Waals surface area contributed by atoms with Crippen molar-refractivity contribution in [3.63, 3.8) is 0 Å². The summed E-state index contributed by atoms with van der Waals surface area (Å²) in [4.78, 5) is 17.0. The molecule has 3 rings (SSSR count). The molecule has 0 atom stereocenters. The van der Waals surface area contributed by atoms with Crippen LogP contribution in [-0.2, 0) is 9.53 Å². The molecule has 0 fully saturated rings. The maximum atomic E-state index is 11.9. The Hall–Kier alpha value is -2.18. The van der Waals surface area contributed by atoms with Gasteiger partial charge in [-0.05, 0) is 40.2 Å². The molecule has 0 unspecified atom stereocenters. The quantitative estimate of drug-likeness (QED) is 0.569. The number of thiophene rings is 1. The Balaban J connectivity index is 1.81. The molecule has 2 aromatic rings. The second-order valence-electron chi connectivity index (χ2n) is 4.61. The Morgan fingerprint density at radius 1 is 1.30 bits per heavy atom. The van der Waals surface area contributed by atoms with Gasteiger partial charge in [0.15, 0.2) is 5.70 Å². The number of benzene rings is 1. The average molecular weight is 390 g/mol. The van der Waals surface area contributed by atoms with Crippen molar-refractivity contribution in [2.45, 2.75) is 0 Å². The largest absolute Gasteiger partial charge is 0.496 e. The van der Waals surface area contributed by atoms with E-state index < -0.39 is 5.97 Å². The number of nitrogens with zero attached hydrogens (tertiary/aromatic N) is 1. The molecule has 1 aliphatic rings. The molecule has 0 bridgehead atoms. The van der Waals surface area contributed by atoms with Crippen LogP contribution in [-0.4, -0.2) is 19.0 Å². The van der Waals surface area contributed by atoms with E-state index in [9.17, 15) is 4.79 Å². The second-order valence-corrected chi connectivity index (χ2v) is 6.47. The van der Waals surface area contributed by atoms with Gasteiger partial charge in [0.2, 0.25) is 5.90 Å². The van der Waals surface area contributed by atoms with Crippen LogP contribution >= 0.6 is 27.3 Å². The second kappa shape index (κ2) is 6.93. The molecule has 0 radical (unpaired) electrons.